The summed E-state index contributed by atoms with van der Waals surface area (Å²) in [6.07, 6.45) is 0.744. The smallest absolute Gasteiger partial charge is 0.243 e. The number of ether oxygens (including phenoxy) is 1. The quantitative estimate of drug-likeness (QED) is 0.585. The Bertz CT molecular complexity index is 1210. The van der Waals surface area contributed by atoms with Gasteiger partial charge in [0.2, 0.25) is 15.9 Å². The van der Waals surface area contributed by atoms with Gasteiger partial charge < -0.3 is 14.6 Å². The summed E-state index contributed by atoms with van der Waals surface area (Å²) in [6, 6.07) is 10.8. The first-order chi connectivity index (χ1) is 15.3. The molecule has 1 aliphatic rings. The molecule has 1 amide bonds. The van der Waals surface area contributed by atoms with E-state index in [1.165, 1.54) is 4.31 Å². The number of amides is 1. The second kappa shape index (κ2) is 9.40. The number of rotatable bonds is 7. The van der Waals surface area contributed by atoms with Crippen LogP contribution in [0.15, 0.2) is 45.8 Å². The van der Waals surface area contributed by atoms with Crippen molar-refractivity contribution in [3.63, 3.8) is 0 Å². The first kappa shape index (κ1) is 22.4. The van der Waals surface area contributed by atoms with Crippen molar-refractivity contribution in [1.29, 1.82) is 0 Å². The van der Waals surface area contributed by atoms with Crippen molar-refractivity contribution in [1.82, 2.24) is 14.8 Å². The molecular formula is C23H27N3O5S. The van der Waals surface area contributed by atoms with Gasteiger partial charge in [-0.15, -0.1) is 0 Å². The Hall–Kier alpha value is -2.75. The summed E-state index contributed by atoms with van der Waals surface area (Å²) in [5, 5.41) is 7.84. The maximum absolute atomic E-state index is 12.7. The zero-order valence-corrected chi connectivity index (χ0v) is 19.1. The molecule has 3 aromatic rings. The lowest BCUT2D eigenvalue weighted by molar-refractivity contribution is -0.120. The summed E-state index contributed by atoms with van der Waals surface area (Å²) < 4.78 is 37.5. The zero-order valence-electron chi connectivity index (χ0n) is 18.3. The third-order valence-corrected chi connectivity index (χ3v) is 7.48. The molecule has 9 heteroatoms. The molecule has 32 heavy (non-hydrogen) atoms. The van der Waals surface area contributed by atoms with E-state index in [0.717, 1.165) is 22.1 Å². The van der Waals surface area contributed by atoms with Crippen molar-refractivity contribution in [3.05, 3.63) is 58.8 Å². The summed E-state index contributed by atoms with van der Waals surface area (Å²) in [5.41, 5.74) is 4.38. The molecule has 0 saturated carbocycles. The van der Waals surface area contributed by atoms with Gasteiger partial charge in [0.25, 0.3) is 0 Å². The average molecular weight is 458 g/mol. The van der Waals surface area contributed by atoms with Gasteiger partial charge in [0.05, 0.1) is 24.5 Å². The third-order valence-electron chi connectivity index (χ3n) is 5.57. The van der Waals surface area contributed by atoms with E-state index < -0.39 is 10.0 Å². The van der Waals surface area contributed by atoms with Crippen molar-refractivity contribution < 1.29 is 22.5 Å². The van der Waals surface area contributed by atoms with Crippen molar-refractivity contribution >= 4 is 26.9 Å². The summed E-state index contributed by atoms with van der Waals surface area (Å²) in [5.74, 6) is -0.133. The van der Waals surface area contributed by atoms with E-state index in [9.17, 15) is 13.2 Å². The van der Waals surface area contributed by atoms with Crippen LogP contribution in [0.2, 0.25) is 0 Å². The maximum atomic E-state index is 12.7. The number of hydrogen-bond donors (Lipinski definition) is 1. The lowest BCUT2D eigenvalue weighted by atomic mass is 10.1. The van der Waals surface area contributed by atoms with E-state index in [4.69, 9.17) is 9.26 Å². The van der Waals surface area contributed by atoms with Crippen LogP contribution in [0.3, 0.4) is 0 Å². The number of nitrogens with zero attached hydrogens (tertiary/aromatic N) is 2. The minimum Gasteiger partial charge on any atom is -0.379 e. The minimum atomic E-state index is -3.50. The fourth-order valence-electron chi connectivity index (χ4n) is 3.89. The molecule has 0 atom stereocenters. The number of aryl methyl sites for hydroxylation is 2. The van der Waals surface area contributed by atoms with Crippen LogP contribution in [0.4, 0.5) is 0 Å². The van der Waals surface area contributed by atoms with Gasteiger partial charge in [-0.2, -0.15) is 4.31 Å². The average Bonchev–Trinajstić information content (AvgIpc) is 3.17. The number of sulfonamides is 1. The molecule has 1 aromatic heterocycles. The number of carbonyl (C=O) groups excluding carboxylic acids is 1. The molecule has 1 saturated heterocycles. The molecule has 1 N–H and O–H groups in total. The minimum absolute atomic E-state index is 0.133. The van der Waals surface area contributed by atoms with Crippen LogP contribution >= 0.6 is 0 Å². The van der Waals surface area contributed by atoms with E-state index >= 15 is 0 Å². The second-order valence-electron chi connectivity index (χ2n) is 8.02. The van der Waals surface area contributed by atoms with Gasteiger partial charge in [0.1, 0.15) is 5.69 Å². The van der Waals surface area contributed by atoms with Crippen molar-refractivity contribution in [2.45, 2.75) is 31.6 Å². The van der Waals surface area contributed by atoms with Gasteiger partial charge in [-0.1, -0.05) is 23.4 Å². The zero-order chi connectivity index (χ0) is 22.7. The number of hydrogen-bond acceptors (Lipinski definition) is 6. The Balaban J connectivity index is 1.31. The number of carbonyl (C=O) groups is 1. The normalized spacial score (nSPS) is 15.2. The molecule has 8 nitrogen and oxygen atoms in total. The third kappa shape index (κ3) is 4.85. The Morgan fingerprint density at radius 2 is 1.84 bits per heavy atom. The topological polar surface area (TPSA) is 102 Å². The molecule has 0 aliphatic carbocycles. The van der Waals surface area contributed by atoms with Gasteiger partial charge in [-0.05, 0) is 55.2 Å². The van der Waals surface area contributed by atoms with Crippen LogP contribution in [0, 0.1) is 13.8 Å². The molecule has 4 rings (SSSR count). The number of benzene rings is 2. The van der Waals surface area contributed by atoms with Crippen LogP contribution in [0.1, 0.15) is 22.4 Å². The highest BCUT2D eigenvalue weighted by Gasteiger charge is 2.26. The van der Waals surface area contributed by atoms with Gasteiger partial charge in [-0.25, -0.2) is 8.42 Å². The molecule has 2 heterocycles. The fraction of sp³-hybridized carbons (Fsp3) is 0.391. The molecule has 0 radical (unpaired) electrons. The highest BCUT2D eigenvalue weighted by molar-refractivity contribution is 7.89. The van der Waals surface area contributed by atoms with Crippen LogP contribution in [-0.2, 0) is 32.4 Å². The summed E-state index contributed by atoms with van der Waals surface area (Å²) >= 11 is 0. The Morgan fingerprint density at radius 1 is 1.12 bits per heavy atom. The van der Waals surface area contributed by atoms with Crippen molar-refractivity contribution in [3.8, 4) is 0 Å². The van der Waals surface area contributed by atoms with E-state index in [2.05, 4.69) is 10.5 Å². The van der Waals surface area contributed by atoms with Gasteiger partial charge >= 0.3 is 0 Å². The largest absolute Gasteiger partial charge is 0.379 e. The van der Waals surface area contributed by atoms with Gasteiger partial charge in [-0.3, -0.25) is 4.79 Å². The van der Waals surface area contributed by atoms with Crippen LogP contribution in [-0.4, -0.2) is 56.6 Å². The molecular weight excluding hydrogens is 430 g/mol. The van der Waals surface area contributed by atoms with Crippen molar-refractivity contribution in [2.75, 3.05) is 32.8 Å². The monoisotopic (exact) mass is 457 g/mol. The SMILES string of the molecule is Cc1cc(C)c2onc(CC(=O)NCCc3ccc(S(=O)(=O)N4CCOCC4)cc3)c2c1. The van der Waals surface area contributed by atoms with Crippen LogP contribution < -0.4 is 5.32 Å². The summed E-state index contributed by atoms with van der Waals surface area (Å²) in [4.78, 5) is 12.7. The van der Waals surface area contributed by atoms with Crippen molar-refractivity contribution in [2.24, 2.45) is 0 Å². The van der Waals surface area contributed by atoms with Crippen LogP contribution in [0.25, 0.3) is 11.0 Å². The fourth-order valence-corrected chi connectivity index (χ4v) is 5.30. The molecule has 1 fully saturated rings. The number of morpholine rings is 1. The van der Waals surface area contributed by atoms with Gasteiger partial charge in [0.15, 0.2) is 5.58 Å². The molecule has 0 bridgehead atoms. The lowest BCUT2D eigenvalue weighted by Crippen LogP contribution is -2.40. The number of aromatic nitrogens is 1. The van der Waals surface area contributed by atoms with E-state index in [-0.39, 0.29) is 17.2 Å². The second-order valence-corrected chi connectivity index (χ2v) is 9.96. The first-order valence-corrected chi connectivity index (χ1v) is 12.1. The first-order valence-electron chi connectivity index (χ1n) is 10.6. The molecule has 2 aromatic carbocycles. The summed E-state index contributed by atoms with van der Waals surface area (Å²) in [7, 11) is -3.50. The molecule has 0 unspecified atom stereocenters. The standard InChI is InChI=1S/C23H27N3O5S/c1-16-13-17(2)23-20(14-16)21(25-31-23)15-22(27)24-8-7-18-3-5-19(6-4-18)32(28,29)26-9-11-30-12-10-26/h3-6,13-14H,7-12,15H2,1-2H3,(H,24,27). The Labute approximate surface area is 187 Å². The Kier molecular flexibility index (Phi) is 6.59. The molecule has 0 spiro atoms. The lowest BCUT2D eigenvalue weighted by Gasteiger charge is -2.26. The van der Waals surface area contributed by atoms with E-state index in [1.807, 2.05) is 26.0 Å². The predicted octanol–water partition coefficient (Wildman–Crippen LogP) is 2.37. The maximum Gasteiger partial charge on any atom is 0.243 e. The highest BCUT2D eigenvalue weighted by atomic mass is 32.2. The van der Waals surface area contributed by atoms with E-state index in [1.54, 1.807) is 24.3 Å². The molecule has 170 valence electrons. The number of fused-ring (bicyclic) bond motifs is 1. The predicted molar refractivity (Wildman–Crippen MR) is 120 cm³/mol. The molecule has 1 aliphatic heterocycles. The number of nitrogens with one attached hydrogen (secondary N) is 1. The highest BCUT2D eigenvalue weighted by Crippen LogP contribution is 2.24. The van der Waals surface area contributed by atoms with E-state index in [0.29, 0.717) is 50.5 Å². The van der Waals surface area contributed by atoms with Crippen LogP contribution in [0.5, 0.6) is 0 Å². The summed E-state index contributed by atoms with van der Waals surface area (Å²) in [6.45, 7) is 5.98. The van der Waals surface area contributed by atoms with Gasteiger partial charge in [0, 0.05) is 25.0 Å². The Morgan fingerprint density at radius 3 is 2.56 bits per heavy atom.